The van der Waals surface area contributed by atoms with Crippen LogP contribution >= 0.6 is 0 Å². The van der Waals surface area contributed by atoms with Crippen molar-refractivity contribution in [2.45, 2.75) is 63.1 Å². The molecule has 2 nitrogen and oxygen atoms in total. The van der Waals surface area contributed by atoms with Crippen LogP contribution in [-0.4, -0.2) is 16.9 Å². The summed E-state index contributed by atoms with van der Waals surface area (Å²) in [6.07, 6.45) is -0.308. The maximum absolute atomic E-state index is 12.8. The van der Waals surface area contributed by atoms with Crippen LogP contribution in [0.2, 0.25) is 0 Å². The fourth-order valence-electron chi connectivity index (χ4n) is 5.01. The van der Waals surface area contributed by atoms with Crippen molar-refractivity contribution in [2.24, 2.45) is 23.2 Å². The summed E-state index contributed by atoms with van der Waals surface area (Å²) in [4.78, 5) is 0. The number of aliphatic hydroxyl groups is 1. The highest BCUT2D eigenvalue weighted by molar-refractivity contribution is 5.21. The van der Waals surface area contributed by atoms with E-state index in [1.165, 1.54) is 0 Å². The highest BCUT2D eigenvalue weighted by Gasteiger charge is 2.63. The molecule has 1 N–H and O–H groups in total. The van der Waals surface area contributed by atoms with Gasteiger partial charge in [-0.1, -0.05) is 6.42 Å². The minimum atomic E-state index is -4.17. The lowest BCUT2D eigenvalue weighted by atomic mass is 9.57. The second-order valence-electron chi connectivity index (χ2n) is 7.01. The zero-order valence-electron chi connectivity index (χ0n) is 11.4. The summed E-state index contributed by atoms with van der Waals surface area (Å²) in [5.41, 5.74) is -1.99. The van der Waals surface area contributed by atoms with Crippen LogP contribution in [0.5, 0.6) is 0 Å². The van der Waals surface area contributed by atoms with Gasteiger partial charge in [0, 0.05) is 0 Å². The van der Waals surface area contributed by atoms with E-state index in [2.05, 4.69) is 6.07 Å². The molecule has 0 aromatic rings. The van der Waals surface area contributed by atoms with Crippen LogP contribution in [0, 0.1) is 34.5 Å². The van der Waals surface area contributed by atoms with E-state index in [0.717, 1.165) is 19.3 Å². The van der Waals surface area contributed by atoms with Crippen LogP contribution in [0.15, 0.2) is 0 Å². The van der Waals surface area contributed by atoms with Crippen molar-refractivity contribution in [3.05, 3.63) is 0 Å². The number of hydrogen-bond acceptors (Lipinski definition) is 2. The number of halogens is 3. The number of alkyl halides is 3. The average molecular weight is 287 g/mol. The third kappa shape index (κ3) is 1.88. The van der Waals surface area contributed by atoms with E-state index in [1.54, 1.807) is 0 Å². The molecule has 0 saturated heterocycles. The molecule has 5 heteroatoms. The first kappa shape index (κ1) is 14.2. The molecule has 3 aliphatic carbocycles. The molecule has 3 fully saturated rings. The molecule has 112 valence electrons. The zero-order chi connectivity index (χ0) is 14.6. The van der Waals surface area contributed by atoms with E-state index in [0.29, 0.717) is 12.3 Å². The third-order valence-electron chi connectivity index (χ3n) is 6.15. The Balaban J connectivity index is 1.79. The van der Waals surface area contributed by atoms with Crippen molar-refractivity contribution >= 4 is 0 Å². The standard InChI is InChI=1S/C15H20F3NO/c16-15(17,18)11-3-5-14(20,6-4-11)13(9-19)8-10-1-2-12(13)7-10/h10-12,20H,1-8H2. The van der Waals surface area contributed by atoms with Crippen LogP contribution in [-0.2, 0) is 0 Å². The SMILES string of the molecule is N#CC1(C2(O)CCC(C(F)(F)F)CC2)CC2CCC1C2. The molecule has 3 rings (SSSR count). The molecule has 2 bridgehead atoms. The first-order valence-corrected chi connectivity index (χ1v) is 7.51. The number of nitriles is 1. The zero-order valence-corrected chi connectivity index (χ0v) is 11.4. The molecule has 0 heterocycles. The minimum absolute atomic E-state index is 0.0409. The lowest BCUT2D eigenvalue weighted by Crippen LogP contribution is -2.53. The smallest absolute Gasteiger partial charge is 0.388 e. The van der Waals surface area contributed by atoms with Gasteiger partial charge in [0.25, 0.3) is 0 Å². The monoisotopic (exact) mass is 287 g/mol. The Hall–Kier alpha value is -0.760. The number of rotatable bonds is 1. The molecular weight excluding hydrogens is 267 g/mol. The van der Waals surface area contributed by atoms with Gasteiger partial charge < -0.3 is 5.11 Å². The molecule has 0 aromatic carbocycles. The summed E-state index contributed by atoms with van der Waals surface area (Å²) in [5, 5.41) is 20.6. The fraction of sp³-hybridized carbons (Fsp3) is 0.933. The molecule has 20 heavy (non-hydrogen) atoms. The van der Waals surface area contributed by atoms with Crippen LogP contribution in [0.1, 0.15) is 51.4 Å². The predicted octanol–water partition coefficient (Wildman–Crippen LogP) is 3.80. The topological polar surface area (TPSA) is 44.0 Å². The van der Waals surface area contributed by atoms with E-state index < -0.39 is 23.1 Å². The Morgan fingerprint density at radius 2 is 1.75 bits per heavy atom. The number of hydrogen-bond donors (Lipinski definition) is 1. The minimum Gasteiger partial charge on any atom is -0.388 e. The quantitative estimate of drug-likeness (QED) is 0.797. The summed E-state index contributed by atoms with van der Waals surface area (Å²) in [6, 6.07) is 2.34. The van der Waals surface area contributed by atoms with Gasteiger partial charge in [0.15, 0.2) is 0 Å². The molecule has 3 saturated carbocycles. The van der Waals surface area contributed by atoms with Gasteiger partial charge in [-0.25, -0.2) is 0 Å². The number of fused-ring (bicyclic) bond motifs is 2. The van der Waals surface area contributed by atoms with Crippen LogP contribution in [0.25, 0.3) is 0 Å². The summed E-state index contributed by atoms with van der Waals surface area (Å²) in [5.74, 6) is -0.633. The van der Waals surface area contributed by atoms with Crippen molar-refractivity contribution < 1.29 is 18.3 Å². The lowest BCUT2D eigenvalue weighted by Gasteiger charge is -2.49. The normalized spacial score (nSPS) is 48.2. The summed E-state index contributed by atoms with van der Waals surface area (Å²) in [6.45, 7) is 0. The molecule has 3 atom stereocenters. The van der Waals surface area contributed by atoms with Crippen molar-refractivity contribution in [1.29, 1.82) is 5.26 Å². The van der Waals surface area contributed by atoms with Gasteiger partial charge in [0.1, 0.15) is 0 Å². The van der Waals surface area contributed by atoms with Gasteiger partial charge in [0.05, 0.1) is 23.0 Å². The van der Waals surface area contributed by atoms with Crippen molar-refractivity contribution in [2.75, 3.05) is 0 Å². The highest BCUT2D eigenvalue weighted by atomic mass is 19.4. The Labute approximate surface area is 117 Å². The van der Waals surface area contributed by atoms with Gasteiger partial charge in [-0.2, -0.15) is 18.4 Å². The highest BCUT2D eigenvalue weighted by Crippen LogP contribution is 2.63. The Bertz CT molecular complexity index is 433. The molecule has 0 spiro atoms. The van der Waals surface area contributed by atoms with Gasteiger partial charge in [-0.3, -0.25) is 0 Å². The van der Waals surface area contributed by atoms with Crippen LogP contribution in [0.3, 0.4) is 0 Å². The largest absolute Gasteiger partial charge is 0.391 e. The van der Waals surface area contributed by atoms with E-state index in [-0.39, 0.29) is 31.6 Å². The van der Waals surface area contributed by atoms with Crippen molar-refractivity contribution in [3.8, 4) is 6.07 Å². The molecule has 0 radical (unpaired) electrons. The molecular formula is C15H20F3NO. The first-order chi connectivity index (χ1) is 9.31. The third-order valence-corrected chi connectivity index (χ3v) is 6.15. The summed E-state index contributed by atoms with van der Waals surface area (Å²) in [7, 11) is 0. The molecule has 0 aliphatic heterocycles. The number of nitrogens with zero attached hydrogens (tertiary/aromatic N) is 1. The second-order valence-corrected chi connectivity index (χ2v) is 7.01. The van der Waals surface area contributed by atoms with E-state index >= 15 is 0 Å². The summed E-state index contributed by atoms with van der Waals surface area (Å²) >= 11 is 0. The molecule has 0 aromatic heterocycles. The molecule has 3 aliphatic rings. The lowest BCUT2D eigenvalue weighted by molar-refractivity contribution is -0.203. The summed E-state index contributed by atoms with van der Waals surface area (Å²) < 4.78 is 38.3. The van der Waals surface area contributed by atoms with Crippen molar-refractivity contribution in [3.63, 3.8) is 0 Å². The fourth-order valence-corrected chi connectivity index (χ4v) is 5.01. The van der Waals surface area contributed by atoms with Gasteiger partial charge in [-0.05, 0) is 56.8 Å². The Kier molecular flexibility index (Phi) is 3.10. The van der Waals surface area contributed by atoms with Gasteiger partial charge >= 0.3 is 6.18 Å². The van der Waals surface area contributed by atoms with Crippen molar-refractivity contribution in [1.82, 2.24) is 0 Å². The van der Waals surface area contributed by atoms with E-state index in [9.17, 15) is 23.5 Å². The van der Waals surface area contributed by atoms with Gasteiger partial charge in [-0.15, -0.1) is 0 Å². The Morgan fingerprint density at radius 3 is 2.15 bits per heavy atom. The first-order valence-electron chi connectivity index (χ1n) is 7.51. The second kappa shape index (κ2) is 4.37. The average Bonchev–Trinajstić information content (AvgIpc) is 2.98. The predicted molar refractivity (Wildman–Crippen MR) is 66.5 cm³/mol. The maximum Gasteiger partial charge on any atom is 0.391 e. The molecule has 0 amide bonds. The molecule has 3 unspecified atom stereocenters. The van der Waals surface area contributed by atoms with Gasteiger partial charge in [0.2, 0.25) is 0 Å². The Morgan fingerprint density at radius 1 is 1.10 bits per heavy atom. The van der Waals surface area contributed by atoms with E-state index in [4.69, 9.17) is 0 Å². The maximum atomic E-state index is 12.8. The van der Waals surface area contributed by atoms with Crippen LogP contribution in [0.4, 0.5) is 13.2 Å². The van der Waals surface area contributed by atoms with E-state index in [1.807, 2.05) is 0 Å². The van der Waals surface area contributed by atoms with Crippen LogP contribution < -0.4 is 0 Å².